The molecule has 12 heteroatoms. The van der Waals surface area contributed by atoms with Crippen LogP contribution in [0.15, 0.2) is 71.2 Å². The number of oxazole rings is 1. The quantitative estimate of drug-likeness (QED) is 0.293. The zero-order chi connectivity index (χ0) is 33.9. The third-order valence-electron chi connectivity index (χ3n) is 7.80. The van der Waals surface area contributed by atoms with Crippen molar-refractivity contribution in [2.24, 2.45) is 11.8 Å². The average molecular weight is 586 g/mol. The number of carbonyl (C=O) groups is 2. The van der Waals surface area contributed by atoms with Gasteiger partial charge in [-0.15, -0.1) is 10.2 Å². The molecule has 7 rings (SSSR count). The Balaban J connectivity index is 1.08. The van der Waals surface area contributed by atoms with Crippen molar-refractivity contribution in [1.29, 1.82) is 0 Å². The number of alkyl halides is 1. The highest BCUT2D eigenvalue weighted by Crippen LogP contribution is 2.36. The number of piperidine rings is 1. The lowest BCUT2D eigenvalue weighted by Gasteiger charge is -2.35. The molecule has 1 saturated heterocycles. The molecule has 1 saturated carbocycles. The van der Waals surface area contributed by atoms with E-state index in [4.69, 9.17) is 11.3 Å². The lowest BCUT2D eigenvalue weighted by atomic mass is 9.85. The number of anilines is 1. The van der Waals surface area contributed by atoms with Crippen molar-refractivity contribution in [3.8, 4) is 11.5 Å². The smallest absolute Gasteiger partial charge is 0.272 e. The van der Waals surface area contributed by atoms with Crippen LogP contribution in [0.2, 0.25) is 0 Å². The molecular formula is C31H29FN8O3. The van der Waals surface area contributed by atoms with Gasteiger partial charge in [-0.2, -0.15) is 4.80 Å². The molecule has 0 radical (unpaired) electrons. The van der Waals surface area contributed by atoms with Crippen molar-refractivity contribution in [2.45, 2.75) is 38.4 Å². The Labute approximate surface area is 253 Å². The van der Waals surface area contributed by atoms with Gasteiger partial charge in [0.1, 0.15) is 23.4 Å². The van der Waals surface area contributed by atoms with Gasteiger partial charge in [-0.3, -0.25) is 14.6 Å². The molecule has 1 N–H and O–H groups in total. The van der Waals surface area contributed by atoms with Crippen molar-refractivity contribution < 1.29 is 25.3 Å². The fraction of sp³-hybridized carbons (Fsp3) is 0.323. The molecule has 5 aromatic rings. The highest BCUT2D eigenvalue weighted by atomic mass is 19.1. The second-order valence-corrected chi connectivity index (χ2v) is 10.7. The first-order valence-electron chi connectivity index (χ1n) is 16.4. The van der Waals surface area contributed by atoms with Crippen molar-refractivity contribution >= 4 is 28.6 Å². The summed E-state index contributed by atoms with van der Waals surface area (Å²) in [5.74, 6) is -0.930. The Hall–Kier alpha value is -5.00. The number of nitrogens with one attached hydrogen (secondary N) is 1. The topological polar surface area (TPSA) is 132 Å². The van der Waals surface area contributed by atoms with Crippen LogP contribution in [-0.4, -0.2) is 66.2 Å². The Morgan fingerprint density at radius 2 is 1.93 bits per heavy atom. The van der Waals surface area contributed by atoms with Crippen LogP contribution in [0.5, 0.6) is 0 Å². The first-order chi connectivity index (χ1) is 23.0. The van der Waals surface area contributed by atoms with E-state index in [1.54, 1.807) is 42.2 Å². The van der Waals surface area contributed by atoms with Crippen LogP contribution in [0, 0.1) is 18.8 Å². The summed E-state index contributed by atoms with van der Waals surface area (Å²) in [5, 5.41) is 15.1. The summed E-state index contributed by atoms with van der Waals surface area (Å²) < 4.78 is 60.7. The number of halogens is 1. The van der Waals surface area contributed by atoms with Crippen LogP contribution in [-0.2, 0) is 4.79 Å². The van der Waals surface area contributed by atoms with Gasteiger partial charge in [-0.25, -0.2) is 9.37 Å². The van der Waals surface area contributed by atoms with Gasteiger partial charge in [0, 0.05) is 30.5 Å². The van der Waals surface area contributed by atoms with Gasteiger partial charge in [-0.1, -0.05) is 30.2 Å². The molecular weight excluding hydrogens is 551 g/mol. The van der Waals surface area contributed by atoms with Crippen LogP contribution >= 0.6 is 0 Å². The van der Waals surface area contributed by atoms with E-state index in [-0.39, 0.29) is 53.4 Å². The summed E-state index contributed by atoms with van der Waals surface area (Å²) in [4.78, 5) is 37.5. The Morgan fingerprint density at radius 1 is 1.14 bits per heavy atom. The zero-order valence-corrected chi connectivity index (χ0v) is 23.0. The van der Waals surface area contributed by atoms with Crippen LogP contribution in [0.4, 0.5) is 10.1 Å². The number of benzene rings is 2. The number of aryl methyl sites for hydroxylation is 1. The normalized spacial score (nSPS) is 21.0. The minimum absolute atomic E-state index is 0.0849. The largest absolute Gasteiger partial charge is 0.436 e. The fourth-order valence-electron chi connectivity index (χ4n) is 5.42. The molecule has 0 spiro atoms. The number of tetrazole rings is 1. The molecule has 2 amide bonds. The first kappa shape index (κ1) is 21.7. The highest BCUT2D eigenvalue weighted by molar-refractivity contribution is 5.96. The molecule has 11 nitrogen and oxygen atoms in total. The summed E-state index contributed by atoms with van der Waals surface area (Å²) in [6, 6.07) is 5.40. The number of fused-ring (bicyclic) bond motifs is 1. The number of pyridine rings is 1. The Bertz CT molecular complexity index is 2050. The van der Waals surface area contributed by atoms with E-state index < -0.39 is 36.3 Å². The molecule has 3 aromatic heterocycles. The summed E-state index contributed by atoms with van der Waals surface area (Å²) in [6.45, 7) is 2.29. The minimum atomic E-state index is -1.10. The predicted molar refractivity (Wildman–Crippen MR) is 155 cm³/mol. The predicted octanol–water partition coefficient (Wildman–Crippen LogP) is 4.62. The van der Waals surface area contributed by atoms with E-state index in [9.17, 15) is 14.0 Å². The molecule has 0 unspecified atom stereocenters. The van der Waals surface area contributed by atoms with Gasteiger partial charge in [0.2, 0.25) is 11.8 Å². The number of carbonyl (C=O) groups excluding carboxylic acids is 2. The number of rotatable bonds is 7. The molecule has 3 atom stereocenters. The maximum Gasteiger partial charge on any atom is 0.272 e. The number of likely N-dealkylation sites (tertiary alicyclic amines) is 1. The lowest BCUT2D eigenvalue weighted by molar-refractivity contribution is -0.117. The van der Waals surface area contributed by atoms with E-state index in [1.165, 1.54) is 11.0 Å². The van der Waals surface area contributed by atoms with Gasteiger partial charge >= 0.3 is 0 Å². The van der Waals surface area contributed by atoms with Crippen LogP contribution in [0.25, 0.3) is 22.6 Å². The highest BCUT2D eigenvalue weighted by Gasteiger charge is 2.43. The molecule has 0 bridgehead atoms. The maximum absolute atomic E-state index is 13.6. The summed E-state index contributed by atoms with van der Waals surface area (Å²) in [5.41, 5.74) is 2.22. The molecule has 43 heavy (non-hydrogen) atoms. The molecule has 2 aromatic carbocycles. The van der Waals surface area contributed by atoms with Crippen molar-refractivity contribution in [3.05, 3.63) is 83.8 Å². The molecule has 218 valence electrons. The van der Waals surface area contributed by atoms with Gasteiger partial charge in [0.25, 0.3) is 5.91 Å². The fourth-order valence-corrected chi connectivity index (χ4v) is 5.42. The van der Waals surface area contributed by atoms with Crippen LogP contribution in [0.3, 0.4) is 0 Å². The number of hydrogen-bond acceptors (Lipinski definition) is 8. The minimum Gasteiger partial charge on any atom is -0.436 e. The van der Waals surface area contributed by atoms with Crippen molar-refractivity contribution in [1.82, 2.24) is 35.1 Å². The van der Waals surface area contributed by atoms with Gasteiger partial charge in [0.15, 0.2) is 11.4 Å². The van der Waals surface area contributed by atoms with E-state index in [0.29, 0.717) is 54.1 Å². The Morgan fingerprint density at radius 3 is 2.65 bits per heavy atom. The monoisotopic (exact) mass is 585 g/mol. The van der Waals surface area contributed by atoms with E-state index in [1.807, 2.05) is 0 Å². The molecule has 2 aliphatic rings. The molecule has 1 aliphatic carbocycles. The van der Waals surface area contributed by atoms with Crippen LogP contribution < -0.4 is 5.32 Å². The third-order valence-corrected chi connectivity index (χ3v) is 7.80. The summed E-state index contributed by atoms with van der Waals surface area (Å²) in [6.07, 6.45) is 1.50. The number of amides is 2. The summed E-state index contributed by atoms with van der Waals surface area (Å²) in [7, 11) is 0. The third kappa shape index (κ3) is 5.47. The molecule has 2 fully saturated rings. The average Bonchev–Trinajstić information content (AvgIpc) is 3.45. The molecule has 4 heterocycles. The maximum atomic E-state index is 13.6. The Kier molecular flexibility index (Phi) is 5.55. The number of aromatic nitrogens is 6. The van der Waals surface area contributed by atoms with Crippen molar-refractivity contribution in [2.75, 3.05) is 18.4 Å². The number of hydrogen-bond donors (Lipinski definition) is 1. The standard InChI is InChI=1S/C31H29FN8O3/c1-18-36-38-40(37-18)28(19-5-3-2-4-6-19)20-10-13-39(14-11-20)31(42)26-15-21(9-12-33-26)30-35-25-16-22(7-8-27(25)43-30)34-29(41)23-17-24(23)32/h2-9,12,15-16,20,23-24,28H,10-11,13-14,17H2,1H3,(H,34,41)/t23-,24+,28+/m1/s1/i2D,3D,4D,5D,6D. The molecule has 1 aliphatic heterocycles. The second-order valence-electron chi connectivity index (χ2n) is 10.7. The van der Waals surface area contributed by atoms with Gasteiger partial charge in [-0.05, 0) is 73.2 Å². The van der Waals surface area contributed by atoms with Gasteiger partial charge < -0.3 is 14.6 Å². The van der Waals surface area contributed by atoms with Gasteiger partial charge in [0.05, 0.1) is 12.8 Å². The zero-order valence-electron chi connectivity index (χ0n) is 28.0. The number of nitrogens with zero attached hydrogens (tertiary/aromatic N) is 7. The first-order valence-corrected chi connectivity index (χ1v) is 13.9. The van der Waals surface area contributed by atoms with E-state index in [2.05, 4.69) is 30.7 Å². The summed E-state index contributed by atoms with van der Waals surface area (Å²) >= 11 is 0. The van der Waals surface area contributed by atoms with Crippen molar-refractivity contribution in [3.63, 3.8) is 0 Å². The van der Waals surface area contributed by atoms with E-state index in [0.717, 1.165) is 0 Å². The SMILES string of the molecule is [2H]c1c([2H])c([2H])c([C@@H](C2CCN(C(=O)c3cc(-c4nc5cc(NC(=O)[C@@H]6C[C@@H]6F)ccc5o4)ccn3)CC2)n2nnc(C)n2)c([2H])c1[2H]. The lowest BCUT2D eigenvalue weighted by Crippen LogP contribution is -2.41. The van der Waals surface area contributed by atoms with Crippen LogP contribution in [0.1, 0.15) is 54.0 Å². The van der Waals surface area contributed by atoms with E-state index >= 15 is 0 Å². The second kappa shape index (κ2) is 11.0.